The molecule has 7 aromatic carbocycles. The van der Waals surface area contributed by atoms with Crippen LogP contribution in [0.15, 0.2) is 158 Å². The molecule has 0 aliphatic rings. The minimum Gasteiger partial charge on any atom is -0.507 e. The molecule has 1 N–H and O–H groups in total. The minimum absolute atomic E-state index is 0.0702. The fourth-order valence-electron chi connectivity index (χ4n) is 9.17. The summed E-state index contributed by atoms with van der Waals surface area (Å²) in [6.07, 6.45) is 1.78. The molecule has 336 valence electrons. The Kier molecular flexibility index (Phi) is 9.66. The van der Waals surface area contributed by atoms with Crippen molar-refractivity contribution in [2.24, 2.45) is 0 Å². The molecule has 0 fully saturated rings. The molecule has 4 heteroatoms. The number of fused-ring (bicyclic) bond motifs is 1. The molecule has 0 unspecified atom stereocenters. The van der Waals surface area contributed by atoms with E-state index >= 15 is 0 Å². The number of hydrogen-bond acceptors (Lipinski definition) is 3. The average molecular weight is 884 g/mol. The summed E-state index contributed by atoms with van der Waals surface area (Å²) in [5, 5.41) is 12.1. The second-order valence-electron chi connectivity index (χ2n) is 21.0. The van der Waals surface area contributed by atoms with Crippen molar-refractivity contribution in [1.82, 2.24) is 14.5 Å². The summed E-state index contributed by atoms with van der Waals surface area (Å²) in [7, 11) is 0. The maximum absolute atomic E-state index is 12.1. The lowest BCUT2D eigenvalue weighted by molar-refractivity contribution is 0.471. The number of phenols is 1. The van der Waals surface area contributed by atoms with Crippen LogP contribution in [0, 0.1) is 20.6 Å². The summed E-state index contributed by atoms with van der Waals surface area (Å²) >= 11 is 0. The third-order valence-corrected chi connectivity index (χ3v) is 13.0. The summed E-state index contributed by atoms with van der Waals surface area (Å²) in [4.78, 5) is 10.4. The molecule has 0 radical (unpaired) electrons. The van der Waals surface area contributed by atoms with Gasteiger partial charge in [0.2, 0.25) is 0 Å². The summed E-state index contributed by atoms with van der Waals surface area (Å²) in [6.45, 7) is 16.6. The van der Waals surface area contributed by atoms with Crippen LogP contribution in [0.3, 0.4) is 0 Å². The molecule has 2 heterocycles. The Morgan fingerprint density at radius 2 is 1.19 bits per heavy atom. The van der Waals surface area contributed by atoms with Gasteiger partial charge in [0, 0.05) is 25.5 Å². The van der Waals surface area contributed by atoms with Gasteiger partial charge in [0.1, 0.15) is 11.6 Å². The fourth-order valence-corrected chi connectivity index (χ4v) is 9.17. The predicted molar refractivity (Wildman–Crippen MR) is 283 cm³/mol. The molecule has 0 aliphatic heterocycles. The monoisotopic (exact) mass is 884 g/mol. The summed E-state index contributed by atoms with van der Waals surface area (Å²) in [5.41, 5.74) is 14.6. The van der Waals surface area contributed by atoms with E-state index in [0.717, 1.165) is 72.5 Å². The molecule has 0 bridgehead atoms. The van der Waals surface area contributed by atoms with Gasteiger partial charge in [0.25, 0.3) is 0 Å². The van der Waals surface area contributed by atoms with E-state index in [1.165, 1.54) is 0 Å². The summed E-state index contributed by atoms with van der Waals surface area (Å²) in [6, 6.07) is 49.7. The highest BCUT2D eigenvalue weighted by Gasteiger charge is 2.27. The number of phenolic OH excluding ortho intramolecular Hbond substituents is 1. The van der Waals surface area contributed by atoms with Crippen molar-refractivity contribution in [2.75, 3.05) is 0 Å². The molecule has 0 aliphatic carbocycles. The Morgan fingerprint density at radius 3 is 1.90 bits per heavy atom. The maximum atomic E-state index is 12.1. The first-order valence-corrected chi connectivity index (χ1v) is 23.1. The first-order chi connectivity index (χ1) is 34.2. The molecule has 67 heavy (non-hydrogen) atoms. The lowest BCUT2D eigenvalue weighted by atomic mass is 9.78. The van der Waals surface area contributed by atoms with Crippen molar-refractivity contribution in [3.8, 4) is 78.6 Å². The standard InChI is InChI=1S/C63H63N3O/c1-39-24-26-42(27-25-39)44-30-31-64-54(37-44)47-34-46(35-49(36-47)62(7,8)9)51-21-17-23-56-58(51)65-60(52-38-48(61(4,5)6)33-41(3)59(52)67)66(56)55-29-28-45(32-40(55)2)57-50(43-18-14-13-15-19-43)20-16-22-53(57)63(10,11)12/h13-38,67H,1-12H3/i1D3,2D3. The highest BCUT2D eigenvalue weighted by atomic mass is 16.3. The molecule has 9 rings (SSSR count). The average Bonchev–Trinajstić information content (AvgIpc) is 3.72. The van der Waals surface area contributed by atoms with Crippen LogP contribution >= 0.6 is 0 Å². The number of imidazole rings is 1. The number of para-hydroxylation sites is 1. The van der Waals surface area contributed by atoms with E-state index in [4.69, 9.17) is 14.1 Å². The molecule has 0 saturated heterocycles. The van der Waals surface area contributed by atoms with Crippen molar-refractivity contribution < 1.29 is 13.3 Å². The molecular formula is C63H63N3O. The molecule has 0 amide bonds. The number of nitrogens with zero attached hydrogens (tertiary/aromatic N) is 3. The van der Waals surface area contributed by atoms with Gasteiger partial charge in [0.15, 0.2) is 0 Å². The first kappa shape index (κ1) is 38.1. The number of benzene rings is 7. The minimum atomic E-state index is -2.57. The van der Waals surface area contributed by atoms with Crippen molar-refractivity contribution in [3.05, 3.63) is 191 Å². The second-order valence-corrected chi connectivity index (χ2v) is 21.0. The first-order valence-electron chi connectivity index (χ1n) is 26.1. The van der Waals surface area contributed by atoms with Gasteiger partial charge in [-0.05, 0) is 152 Å². The Bertz CT molecular complexity index is 3550. The van der Waals surface area contributed by atoms with Gasteiger partial charge in [-0.15, -0.1) is 0 Å². The van der Waals surface area contributed by atoms with Crippen LogP contribution in [-0.2, 0) is 16.2 Å². The highest BCUT2D eigenvalue weighted by molar-refractivity contribution is 5.97. The van der Waals surface area contributed by atoms with Crippen LogP contribution in [0.5, 0.6) is 5.75 Å². The predicted octanol–water partition coefficient (Wildman–Crippen LogP) is 16.9. The lowest BCUT2D eigenvalue weighted by Crippen LogP contribution is -2.13. The van der Waals surface area contributed by atoms with E-state index in [0.29, 0.717) is 33.7 Å². The SMILES string of the molecule is [2H]C([2H])([2H])c1ccc(-c2ccnc(-c3cc(-c4cccc5c4nc(-c4cc(C(C)(C)C)cc(C)c4O)n5-c4ccc(-c5c(-c6ccccc6)cccc5C(C)(C)C)cc4C([2H])([2H])[2H])cc(C(C)(C)C)c3)c2)cc1. The van der Waals surface area contributed by atoms with Crippen molar-refractivity contribution >= 4 is 11.0 Å². The number of aromatic hydroxyl groups is 1. The number of hydrogen-bond donors (Lipinski definition) is 1. The molecule has 4 nitrogen and oxygen atoms in total. The number of aromatic nitrogens is 3. The van der Waals surface area contributed by atoms with Crippen molar-refractivity contribution in [1.29, 1.82) is 0 Å². The van der Waals surface area contributed by atoms with E-state index in [-0.39, 0.29) is 33.1 Å². The van der Waals surface area contributed by atoms with E-state index in [2.05, 4.69) is 111 Å². The molecule has 0 atom stereocenters. The Balaban J connectivity index is 1.31. The largest absolute Gasteiger partial charge is 0.507 e. The highest BCUT2D eigenvalue weighted by Crippen LogP contribution is 2.45. The molecular weight excluding hydrogens is 815 g/mol. The van der Waals surface area contributed by atoms with Crippen LogP contribution < -0.4 is 0 Å². The van der Waals surface area contributed by atoms with Gasteiger partial charge in [-0.2, -0.15) is 0 Å². The lowest BCUT2D eigenvalue weighted by Gasteiger charge is -2.26. The van der Waals surface area contributed by atoms with E-state index < -0.39 is 13.7 Å². The van der Waals surface area contributed by atoms with E-state index in [1.807, 2.05) is 102 Å². The second kappa shape index (κ2) is 17.0. The third-order valence-electron chi connectivity index (χ3n) is 13.0. The molecule has 0 saturated carbocycles. The van der Waals surface area contributed by atoms with Gasteiger partial charge in [-0.3, -0.25) is 9.55 Å². The number of rotatable bonds is 7. The number of pyridine rings is 1. The third kappa shape index (κ3) is 8.74. The van der Waals surface area contributed by atoms with Crippen LogP contribution in [0.25, 0.3) is 83.9 Å². The summed E-state index contributed by atoms with van der Waals surface area (Å²) < 4.78 is 53.2. The van der Waals surface area contributed by atoms with Crippen LogP contribution in [0.4, 0.5) is 0 Å². The van der Waals surface area contributed by atoms with Crippen LogP contribution in [-0.4, -0.2) is 19.6 Å². The normalized spacial score (nSPS) is 13.9. The number of aryl methyl sites for hydroxylation is 3. The van der Waals surface area contributed by atoms with Crippen LogP contribution in [0.1, 0.15) is 104 Å². The Morgan fingerprint density at radius 1 is 0.507 bits per heavy atom. The van der Waals surface area contributed by atoms with Crippen molar-refractivity contribution in [3.63, 3.8) is 0 Å². The molecule has 9 aromatic rings. The Hall–Kier alpha value is -7.04. The quantitative estimate of drug-likeness (QED) is 0.173. The van der Waals surface area contributed by atoms with Crippen molar-refractivity contribution in [2.45, 2.75) is 99.2 Å². The van der Waals surface area contributed by atoms with Gasteiger partial charge in [0.05, 0.1) is 28.0 Å². The van der Waals surface area contributed by atoms with Gasteiger partial charge >= 0.3 is 0 Å². The van der Waals surface area contributed by atoms with Gasteiger partial charge in [-0.1, -0.05) is 171 Å². The van der Waals surface area contributed by atoms with Gasteiger partial charge < -0.3 is 5.11 Å². The molecule has 2 aromatic heterocycles. The zero-order valence-electron chi connectivity index (χ0n) is 46.3. The van der Waals surface area contributed by atoms with Gasteiger partial charge in [-0.25, -0.2) is 4.98 Å². The smallest absolute Gasteiger partial charge is 0.149 e. The van der Waals surface area contributed by atoms with E-state index in [1.54, 1.807) is 18.3 Å². The zero-order chi connectivity index (χ0) is 52.6. The zero-order valence-corrected chi connectivity index (χ0v) is 40.3. The van der Waals surface area contributed by atoms with Crippen LogP contribution in [0.2, 0.25) is 0 Å². The van der Waals surface area contributed by atoms with E-state index in [9.17, 15) is 9.22 Å². The topological polar surface area (TPSA) is 50.9 Å². The molecule has 0 spiro atoms. The maximum Gasteiger partial charge on any atom is 0.149 e. The fraction of sp³-hybridized carbons (Fsp3) is 0.238. The Labute approximate surface area is 406 Å². The summed E-state index contributed by atoms with van der Waals surface area (Å²) in [5.74, 6) is 0.485.